The molecule has 0 bridgehead atoms. The van der Waals surface area contributed by atoms with E-state index in [0.29, 0.717) is 22.2 Å². The smallest absolute Gasteiger partial charge is 0.240 e. The van der Waals surface area contributed by atoms with E-state index in [1.807, 2.05) is 25.1 Å². The molecule has 0 fully saturated rings. The minimum Gasteiger partial charge on any atom is -0.455 e. The number of carbonyl (C=O) groups excluding carboxylic acids is 1. The highest BCUT2D eigenvalue weighted by molar-refractivity contribution is 7.92. The van der Waals surface area contributed by atoms with Crippen LogP contribution in [0.5, 0.6) is 11.5 Å². The van der Waals surface area contributed by atoms with Crippen LogP contribution in [0, 0.1) is 6.92 Å². The largest absolute Gasteiger partial charge is 0.455 e. The summed E-state index contributed by atoms with van der Waals surface area (Å²) < 4.78 is 30.7. The minimum absolute atomic E-state index is 0.0383. The van der Waals surface area contributed by atoms with Crippen molar-refractivity contribution in [1.29, 1.82) is 0 Å². The Hall–Kier alpha value is -2.83. The zero-order valence-corrected chi connectivity index (χ0v) is 16.6. The predicted octanol–water partition coefficient (Wildman–Crippen LogP) is 4.85. The van der Waals surface area contributed by atoms with Crippen LogP contribution >= 0.6 is 11.6 Å². The summed E-state index contributed by atoms with van der Waals surface area (Å²) in [5.41, 5.74) is 1.42. The number of ether oxygens (including phenoxy) is 1. The number of aryl methyl sites for hydroxylation is 1. The number of carbonyl (C=O) groups is 1. The zero-order valence-electron chi connectivity index (χ0n) is 15.1. The molecule has 5 nitrogen and oxygen atoms in total. The number of anilines is 1. The maximum Gasteiger partial charge on any atom is 0.240 e. The van der Waals surface area contributed by atoms with Gasteiger partial charge in [0.2, 0.25) is 5.91 Å². The fraction of sp³-hybridized carbons (Fsp3) is 0.0952. The quantitative estimate of drug-likeness (QED) is 0.624. The Labute approximate surface area is 168 Å². The first-order valence-corrected chi connectivity index (χ1v) is 10.5. The van der Waals surface area contributed by atoms with Gasteiger partial charge in [-0.25, -0.2) is 8.42 Å². The standard InChI is InChI=1S/C21H18ClNO4S/c1-15-5-4-6-17(13-15)27-20-8-3-2-7-19(20)23-21(24)14-28(25,26)18-11-9-16(22)10-12-18/h2-13H,14H2,1H3,(H,23,24). The molecule has 0 saturated heterocycles. The molecular formula is C21H18ClNO4S. The van der Waals surface area contributed by atoms with Crippen molar-refractivity contribution in [2.24, 2.45) is 0 Å². The van der Waals surface area contributed by atoms with E-state index in [-0.39, 0.29) is 4.90 Å². The van der Waals surface area contributed by atoms with Crippen molar-refractivity contribution in [2.45, 2.75) is 11.8 Å². The van der Waals surface area contributed by atoms with E-state index in [2.05, 4.69) is 5.32 Å². The predicted molar refractivity (Wildman–Crippen MR) is 110 cm³/mol. The van der Waals surface area contributed by atoms with Gasteiger partial charge in [0.15, 0.2) is 15.6 Å². The van der Waals surface area contributed by atoms with Crippen LogP contribution in [0.4, 0.5) is 5.69 Å². The number of amides is 1. The zero-order chi connectivity index (χ0) is 20.1. The number of para-hydroxylation sites is 2. The first-order valence-electron chi connectivity index (χ1n) is 8.45. The highest BCUT2D eigenvalue weighted by Gasteiger charge is 2.20. The molecule has 7 heteroatoms. The summed E-state index contributed by atoms with van der Waals surface area (Å²) in [6.07, 6.45) is 0. The van der Waals surface area contributed by atoms with E-state index in [9.17, 15) is 13.2 Å². The fourth-order valence-corrected chi connectivity index (χ4v) is 3.81. The van der Waals surface area contributed by atoms with Gasteiger partial charge in [-0.1, -0.05) is 35.9 Å². The first-order chi connectivity index (χ1) is 13.3. The Kier molecular flexibility index (Phi) is 6.02. The molecule has 28 heavy (non-hydrogen) atoms. The Morgan fingerprint density at radius 3 is 2.43 bits per heavy atom. The van der Waals surface area contributed by atoms with Gasteiger partial charge < -0.3 is 10.1 Å². The van der Waals surface area contributed by atoms with Gasteiger partial charge in [0.1, 0.15) is 11.5 Å². The third-order valence-electron chi connectivity index (χ3n) is 3.87. The van der Waals surface area contributed by atoms with E-state index in [1.54, 1.807) is 30.3 Å². The summed E-state index contributed by atoms with van der Waals surface area (Å²) in [6, 6.07) is 20.0. The topological polar surface area (TPSA) is 72.5 Å². The molecule has 0 spiro atoms. The molecule has 0 unspecified atom stereocenters. The summed E-state index contributed by atoms with van der Waals surface area (Å²) in [5, 5.41) is 3.04. The van der Waals surface area contributed by atoms with Crippen LogP contribution < -0.4 is 10.1 Å². The highest BCUT2D eigenvalue weighted by atomic mass is 35.5. The maximum atomic E-state index is 12.4. The molecule has 3 aromatic carbocycles. The summed E-state index contributed by atoms with van der Waals surface area (Å²) in [6.45, 7) is 1.95. The van der Waals surface area contributed by atoms with E-state index in [4.69, 9.17) is 16.3 Å². The van der Waals surface area contributed by atoms with Gasteiger partial charge in [0, 0.05) is 5.02 Å². The lowest BCUT2D eigenvalue weighted by molar-refractivity contribution is -0.113. The SMILES string of the molecule is Cc1cccc(Oc2ccccc2NC(=O)CS(=O)(=O)c2ccc(Cl)cc2)c1. The molecule has 144 valence electrons. The van der Waals surface area contributed by atoms with Crippen LogP contribution in [0.25, 0.3) is 0 Å². The van der Waals surface area contributed by atoms with Crippen molar-refractivity contribution < 1.29 is 17.9 Å². The Balaban J connectivity index is 1.75. The van der Waals surface area contributed by atoms with Crippen LogP contribution in [0.2, 0.25) is 5.02 Å². The Bertz CT molecular complexity index is 1100. The van der Waals surface area contributed by atoms with Crippen molar-refractivity contribution in [3.63, 3.8) is 0 Å². The Morgan fingerprint density at radius 1 is 1.00 bits per heavy atom. The van der Waals surface area contributed by atoms with Gasteiger partial charge in [-0.3, -0.25) is 4.79 Å². The van der Waals surface area contributed by atoms with Crippen LogP contribution in [0.1, 0.15) is 5.56 Å². The number of benzene rings is 3. The molecule has 0 aliphatic heterocycles. The second-order valence-corrected chi connectivity index (χ2v) is 8.60. The van der Waals surface area contributed by atoms with Gasteiger partial charge in [-0.2, -0.15) is 0 Å². The second-order valence-electron chi connectivity index (χ2n) is 6.18. The Morgan fingerprint density at radius 2 is 1.71 bits per heavy atom. The lowest BCUT2D eigenvalue weighted by Gasteiger charge is -2.13. The molecule has 0 aromatic heterocycles. The van der Waals surface area contributed by atoms with Gasteiger partial charge in [0.05, 0.1) is 10.6 Å². The lowest BCUT2D eigenvalue weighted by atomic mass is 10.2. The van der Waals surface area contributed by atoms with Crippen molar-refractivity contribution in [2.75, 3.05) is 11.1 Å². The van der Waals surface area contributed by atoms with Crippen LogP contribution in [-0.2, 0) is 14.6 Å². The van der Waals surface area contributed by atoms with E-state index >= 15 is 0 Å². The van der Waals surface area contributed by atoms with E-state index in [0.717, 1.165) is 5.56 Å². The van der Waals surface area contributed by atoms with Crippen molar-refractivity contribution in [3.05, 3.63) is 83.4 Å². The molecule has 1 amide bonds. The van der Waals surface area contributed by atoms with Gasteiger partial charge >= 0.3 is 0 Å². The number of hydrogen-bond acceptors (Lipinski definition) is 4. The summed E-state index contributed by atoms with van der Waals surface area (Å²) in [5.74, 6) is -0.302. The van der Waals surface area contributed by atoms with Crippen LogP contribution in [0.3, 0.4) is 0 Å². The first kappa shape index (κ1) is 19.9. The molecule has 0 saturated carbocycles. The number of sulfone groups is 1. The average Bonchev–Trinajstić information content (AvgIpc) is 2.63. The molecule has 3 aromatic rings. The molecule has 3 rings (SSSR count). The monoisotopic (exact) mass is 415 g/mol. The third kappa shape index (κ3) is 5.12. The highest BCUT2D eigenvalue weighted by Crippen LogP contribution is 2.29. The second kappa shape index (κ2) is 8.46. The van der Waals surface area contributed by atoms with Crippen LogP contribution in [-0.4, -0.2) is 20.1 Å². The van der Waals surface area contributed by atoms with Crippen LogP contribution in [0.15, 0.2) is 77.7 Å². The summed E-state index contributed by atoms with van der Waals surface area (Å²) in [4.78, 5) is 12.4. The molecule has 0 aliphatic rings. The molecule has 0 aliphatic carbocycles. The van der Waals surface area contributed by atoms with Crippen molar-refractivity contribution in [3.8, 4) is 11.5 Å². The lowest BCUT2D eigenvalue weighted by Crippen LogP contribution is -2.23. The van der Waals surface area contributed by atoms with Gasteiger partial charge in [-0.05, 0) is 61.0 Å². The number of halogens is 1. The maximum absolute atomic E-state index is 12.4. The average molecular weight is 416 g/mol. The third-order valence-corrected chi connectivity index (χ3v) is 5.76. The summed E-state index contributed by atoms with van der Waals surface area (Å²) in [7, 11) is -3.79. The van der Waals surface area contributed by atoms with E-state index in [1.165, 1.54) is 24.3 Å². The molecule has 0 atom stereocenters. The molecular weight excluding hydrogens is 398 g/mol. The van der Waals surface area contributed by atoms with Crippen molar-refractivity contribution >= 4 is 33.0 Å². The fourth-order valence-electron chi connectivity index (χ4n) is 2.55. The molecule has 0 heterocycles. The normalized spacial score (nSPS) is 11.1. The van der Waals surface area contributed by atoms with Crippen molar-refractivity contribution in [1.82, 2.24) is 0 Å². The number of nitrogens with one attached hydrogen (secondary N) is 1. The molecule has 0 radical (unpaired) electrons. The van der Waals surface area contributed by atoms with E-state index < -0.39 is 21.5 Å². The minimum atomic E-state index is -3.79. The summed E-state index contributed by atoms with van der Waals surface area (Å²) >= 11 is 5.78. The molecule has 1 N–H and O–H groups in total. The number of rotatable bonds is 6. The number of hydrogen-bond donors (Lipinski definition) is 1. The van der Waals surface area contributed by atoms with Gasteiger partial charge in [0.25, 0.3) is 0 Å². The van der Waals surface area contributed by atoms with Gasteiger partial charge in [-0.15, -0.1) is 0 Å².